The van der Waals surface area contributed by atoms with E-state index in [1.807, 2.05) is 0 Å². The van der Waals surface area contributed by atoms with Crippen molar-refractivity contribution >= 4 is 34.5 Å². The molecular weight excluding hydrogens is 262 g/mol. The van der Waals surface area contributed by atoms with Crippen molar-refractivity contribution in [1.82, 2.24) is 0 Å². The Hall–Kier alpha value is -2.07. The average molecular weight is 276 g/mol. The summed E-state index contributed by atoms with van der Waals surface area (Å²) in [4.78, 5) is 16.3. The summed E-state index contributed by atoms with van der Waals surface area (Å²) >= 11 is 5.93. The van der Waals surface area contributed by atoms with Crippen LogP contribution in [0.4, 0.5) is 11.4 Å². The molecule has 0 bridgehead atoms. The number of benzene rings is 1. The van der Waals surface area contributed by atoms with Gasteiger partial charge in [0, 0.05) is 11.3 Å². The van der Waals surface area contributed by atoms with E-state index in [4.69, 9.17) is 23.1 Å². The summed E-state index contributed by atoms with van der Waals surface area (Å²) in [6.07, 6.45) is 1.49. The standard InChI is InChI=1S/C14H14ClN3O/c1-7-5-12(19)14(8(2)13(7)17)18-9-3-4-11(16)10(15)6-9/h3-6H,16-17H2,1-2H3. The number of allylic oxidation sites excluding steroid dienone is 3. The molecule has 0 aromatic heterocycles. The molecule has 1 aliphatic rings. The molecule has 1 aromatic carbocycles. The number of rotatable bonds is 1. The van der Waals surface area contributed by atoms with Crippen molar-refractivity contribution in [3.8, 4) is 0 Å². The van der Waals surface area contributed by atoms with Crippen LogP contribution in [0, 0.1) is 0 Å². The van der Waals surface area contributed by atoms with Crippen LogP contribution in [-0.2, 0) is 4.79 Å². The number of nitrogens with zero attached hydrogens (tertiary/aromatic N) is 1. The third-order valence-electron chi connectivity index (χ3n) is 2.99. The fourth-order valence-corrected chi connectivity index (χ4v) is 1.98. The Bertz CT molecular complexity index is 657. The topological polar surface area (TPSA) is 81.5 Å². The number of anilines is 1. The van der Waals surface area contributed by atoms with Crippen molar-refractivity contribution in [1.29, 1.82) is 0 Å². The third kappa shape index (κ3) is 2.53. The maximum atomic E-state index is 12.0. The number of halogens is 1. The number of hydrogen-bond acceptors (Lipinski definition) is 4. The molecule has 1 aliphatic carbocycles. The number of nitrogen functional groups attached to an aromatic ring is 1. The van der Waals surface area contributed by atoms with E-state index in [0.29, 0.717) is 33.4 Å². The molecule has 0 fully saturated rings. The lowest BCUT2D eigenvalue weighted by Gasteiger charge is -2.14. The first kappa shape index (κ1) is 13.4. The van der Waals surface area contributed by atoms with Crippen LogP contribution in [-0.4, -0.2) is 11.5 Å². The van der Waals surface area contributed by atoms with Crippen LogP contribution < -0.4 is 11.5 Å². The largest absolute Gasteiger partial charge is 0.398 e. The maximum absolute atomic E-state index is 12.0. The van der Waals surface area contributed by atoms with E-state index in [2.05, 4.69) is 4.99 Å². The second kappa shape index (κ2) is 4.90. The number of aliphatic imine (C=N–C) groups is 1. The van der Waals surface area contributed by atoms with E-state index in [0.717, 1.165) is 5.57 Å². The van der Waals surface area contributed by atoms with Crippen molar-refractivity contribution in [2.24, 2.45) is 10.7 Å². The number of carbonyl (C=O) groups is 1. The van der Waals surface area contributed by atoms with Gasteiger partial charge in [-0.05, 0) is 43.7 Å². The predicted molar refractivity (Wildman–Crippen MR) is 78.6 cm³/mol. The normalized spacial score (nSPS) is 17.9. The van der Waals surface area contributed by atoms with Gasteiger partial charge in [-0.25, -0.2) is 4.99 Å². The molecule has 0 saturated carbocycles. The third-order valence-corrected chi connectivity index (χ3v) is 3.32. The summed E-state index contributed by atoms with van der Waals surface area (Å²) in [5, 5.41) is 0.409. The first-order valence-electron chi connectivity index (χ1n) is 5.73. The lowest BCUT2D eigenvalue weighted by Crippen LogP contribution is -2.22. The van der Waals surface area contributed by atoms with Gasteiger partial charge in [0.15, 0.2) is 0 Å². The van der Waals surface area contributed by atoms with E-state index in [1.54, 1.807) is 32.0 Å². The van der Waals surface area contributed by atoms with E-state index in [1.165, 1.54) is 6.08 Å². The van der Waals surface area contributed by atoms with E-state index >= 15 is 0 Å². The molecule has 0 saturated heterocycles. The van der Waals surface area contributed by atoms with E-state index < -0.39 is 0 Å². The zero-order valence-corrected chi connectivity index (χ0v) is 11.5. The van der Waals surface area contributed by atoms with Crippen molar-refractivity contribution in [3.63, 3.8) is 0 Å². The SMILES string of the molecule is CC1=CC(=O)C(=Nc2ccc(N)c(Cl)c2)C(C)=C1N. The first-order valence-corrected chi connectivity index (χ1v) is 6.11. The minimum Gasteiger partial charge on any atom is -0.398 e. The first-order chi connectivity index (χ1) is 8.90. The van der Waals surface area contributed by atoms with Crippen molar-refractivity contribution < 1.29 is 4.79 Å². The number of ketones is 1. The molecule has 0 aliphatic heterocycles. The van der Waals surface area contributed by atoms with Gasteiger partial charge in [0.05, 0.1) is 16.4 Å². The zero-order chi connectivity index (χ0) is 14.2. The number of hydrogen-bond donors (Lipinski definition) is 2. The highest BCUT2D eigenvalue weighted by Gasteiger charge is 2.20. The van der Waals surface area contributed by atoms with Gasteiger partial charge in [0.2, 0.25) is 5.78 Å². The molecule has 2 rings (SSSR count). The van der Waals surface area contributed by atoms with Gasteiger partial charge in [-0.2, -0.15) is 0 Å². The molecule has 4 nitrogen and oxygen atoms in total. The molecule has 4 N–H and O–H groups in total. The fraction of sp³-hybridized carbons (Fsp3) is 0.143. The lowest BCUT2D eigenvalue weighted by atomic mass is 9.95. The van der Waals surface area contributed by atoms with Crippen LogP contribution in [0.2, 0.25) is 5.02 Å². The van der Waals surface area contributed by atoms with Gasteiger partial charge in [-0.3, -0.25) is 4.79 Å². The second-order valence-corrected chi connectivity index (χ2v) is 4.80. The average Bonchev–Trinajstić information content (AvgIpc) is 2.36. The molecule has 0 amide bonds. The smallest absolute Gasteiger partial charge is 0.204 e. The molecule has 1 aromatic rings. The summed E-state index contributed by atoms with van der Waals surface area (Å²) in [6.45, 7) is 3.58. The molecule has 0 spiro atoms. The van der Waals surface area contributed by atoms with Crippen LogP contribution in [0.3, 0.4) is 0 Å². The van der Waals surface area contributed by atoms with Gasteiger partial charge >= 0.3 is 0 Å². The highest BCUT2D eigenvalue weighted by Crippen LogP contribution is 2.26. The zero-order valence-electron chi connectivity index (χ0n) is 10.7. The molecule has 5 heteroatoms. The molecule has 19 heavy (non-hydrogen) atoms. The Morgan fingerprint density at radius 1 is 1.21 bits per heavy atom. The van der Waals surface area contributed by atoms with Crippen LogP contribution in [0.15, 0.2) is 46.1 Å². The van der Waals surface area contributed by atoms with Gasteiger partial charge < -0.3 is 11.5 Å². The Balaban J connectivity index is 2.49. The molecule has 98 valence electrons. The molecular formula is C14H14ClN3O. The highest BCUT2D eigenvalue weighted by molar-refractivity contribution is 6.51. The van der Waals surface area contributed by atoms with Gasteiger partial charge in [0.1, 0.15) is 5.71 Å². The van der Waals surface area contributed by atoms with Gasteiger partial charge in [-0.1, -0.05) is 11.6 Å². The molecule has 0 heterocycles. The highest BCUT2D eigenvalue weighted by atomic mass is 35.5. The predicted octanol–water partition coefficient (Wildman–Crippen LogP) is 2.76. The minimum atomic E-state index is -0.155. The van der Waals surface area contributed by atoms with Crippen LogP contribution in [0.25, 0.3) is 0 Å². The molecule has 0 unspecified atom stereocenters. The summed E-state index contributed by atoms with van der Waals surface area (Å²) in [6, 6.07) is 4.97. The fourth-order valence-electron chi connectivity index (χ4n) is 1.80. The Labute approximate surface area is 116 Å². The number of nitrogens with two attached hydrogens (primary N) is 2. The van der Waals surface area contributed by atoms with E-state index in [9.17, 15) is 4.79 Å². The van der Waals surface area contributed by atoms with Crippen LogP contribution in [0.5, 0.6) is 0 Å². The lowest BCUT2D eigenvalue weighted by molar-refractivity contribution is -0.108. The van der Waals surface area contributed by atoms with E-state index in [-0.39, 0.29) is 5.78 Å². The summed E-state index contributed by atoms with van der Waals surface area (Å²) in [5.41, 5.74) is 15.0. The van der Waals surface area contributed by atoms with Crippen LogP contribution in [0.1, 0.15) is 13.8 Å². The summed E-state index contributed by atoms with van der Waals surface area (Å²) < 4.78 is 0. The Kier molecular flexibility index (Phi) is 3.44. The van der Waals surface area contributed by atoms with Gasteiger partial charge in [-0.15, -0.1) is 0 Å². The summed E-state index contributed by atoms with van der Waals surface area (Å²) in [7, 11) is 0. The molecule has 0 atom stereocenters. The monoisotopic (exact) mass is 275 g/mol. The Morgan fingerprint density at radius 3 is 2.53 bits per heavy atom. The second-order valence-electron chi connectivity index (χ2n) is 4.40. The summed E-state index contributed by atoms with van der Waals surface area (Å²) in [5.74, 6) is -0.155. The number of carbonyl (C=O) groups excluding carboxylic acids is 1. The minimum absolute atomic E-state index is 0.155. The van der Waals surface area contributed by atoms with Gasteiger partial charge in [0.25, 0.3) is 0 Å². The van der Waals surface area contributed by atoms with Crippen molar-refractivity contribution in [2.75, 3.05) is 5.73 Å². The maximum Gasteiger partial charge on any atom is 0.204 e. The quantitative estimate of drug-likeness (QED) is 0.611. The molecule has 0 radical (unpaired) electrons. The van der Waals surface area contributed by atoms with Crippen LogP contribution >= 0.6 is 11.6 Å². The Morgan fingerprint density at radius 2 is 1.89 bits per heavy atom. The van der Waals surface area contributed by atoms with Crippen molar-refractivity contribution in [2.45, 2.75) is 13.8 Å². The van der Waals surface area contributed by atoms with Crippen molar-refractivity contribution in [3.05, 3.63) is 46.1 Å².